The fraction of sp³-hybridized carbons (Fsp3) is 0.583. The largest absolute Gasteiger partial charge is 0.507 e. The molecule has 0 bridgehead atoms. The molecule has 2 rings (SSSR count). The summed E-state index contributed by atoms with van der Waals surface area (Å²) in [5, 5.41) is 21.8. The Balaban J connectivity index is 1.97. The molecule has 0 heterocycles. The lowest BCUT2D eigenvalue weighted by Gasteiger charge is -2.28. The van der Waals surface area contributed by atoms with Crippen molar-refractivity contribution in [2.75, 3.05) is 6.61 Å². The van der Waals surface area contributed by atoms with Gasteiger partial charge in [0.25, 0.3) is 0 Å². The molecule has 6 nitrogen and oxygen atoms in total. The molecule has 0 fully saturated rings. The molecular formula is C36H52O6S. The standard InChI is InChI=1S/C36H52O6S/c1-33(2,3)24-17-22(18-25(31(24)39)34(4,5)6)13-15-28(37)41-21-30(43)42-29(38)16-14-23-19-26(35(7,8)9)32(40)27(20-23)36(10,11)12/h17-20,39-40H,13-16,21H2,1-12H3. The predicted molar refractivity (Wildman–Crippen MR) is 177 cm³/mol. The Hall–Kier alpha value is -2.93. The smallest absolute Gasteiger partial charge is 0.312 e. The maximum atomic E-state index is 12.5. The summed E-state index contributed by atoms with van der Waals surface area (Å²) < 4.78 is 10.6. The van der Waals surface area contributed by atoms with Gasteiger partial charge in [-0.25, -0.2) is 0 Å². The van der Waals surface area contributed by atoms with Crippen molar-refractivity contribution in [2.45, 2.75) is 130 Å². The Morgan fingerprint density at radius 1 is 0.605 bits per heavy atom. The maximum Gasteiger partial charge on any atom is 0.312 e. The fourth-order valence-corrected chi connectivity index (χ4v) is 5.03. The summed E-state index contributed by atoms with van der Waals surface area (Å²) in [6, 6.07) is 7.79. The van der Waals surface area contributed by atoms with Crippen LogP contribution in [0.1, 0.15) is 129 Å². The second kappa shape index (κ2) is 13.4. The van der Waals surface area contributed by atoms with Crippen LogP contribution in [0.3, 0.4) is 0 Å². The first-order valence-electron chi connectivity index (χ1n) is 15.0. The number of carbonyl (C=O) groups is 2. The number of benzene rings is 2. The molecule has 0 aliphatic carbocycles. The molecule has 0 radical (unpaired) electrons. The Labute approximate surface area is 264 Å². The van der Waals surface area contributed by atoms with Gasteiger partial charge in [0, 0.05) is 6.42 Å². The topological polar surface area (TPSA) is 93.1 Å². The average molecular weight is 613 g/mol. The van der Waals surface area contributed by atoms with Crippen molar-refractivity contribution in [3.8, 4) is 11.5 Å². The van der Waals surface area contributed by atoms with Crippen LogP contribution in [0.15, 0.2) is 24.3 Å². The summed E-state index contributed by atoms with van der Waals surface area (Å²) in [5.41, 5.74) is 4.17. The average Bonchev–Trinajstić information content (AvgIpc) is 2.83. The SMILES string of the molecule is CC(C)(C)c1cc(CCC(=O)OCC(=S)OC(=O)CCc2cc(C(C)(C)C)c(O)c(C(C)(C)C)c2)cc(C(C)(C)C)c1O. The first kappa shape index (κ1) is 36.3. The lowest BCUT2D eigenvalue weighted by molar-refractivity contribution is -0.143. The van der Waals surface area contributed by atoms with Crippen molar-refractivity contribution < 1.29 is 29.3 Å². The van der Waals surface area contributed by atoms with Gasteiger partial charge in [-0.3, -0.25) is 9.59 Å². The number of phenols is 2. The van der Waals surface area contributed by atoms with Crippen molar-refractivity contribution in [3.05, 3.63) is 57.6 Å². The van der Waals surface area contributed by atoms with E-state index >= 15 is 0 Å². The van der Waals surface area contributed by atoms with Crippen LogP contribution < -0.4 is 0 Å². The molecule has 0 spiro atoms. The summed E-state index contributed by atoms with van der Waals surface area (Å²) in [6.45, 7) is 24.3. The third-order valence-electron chi connectivity index (χ3n) is 7.39. The van der Waals surface area contributed by atoms with Gasteiger partial charge in [0.15, 0.2) is 6.61 Å². The van der Waals surface area contributed by atoms with E-state index in [1.165, 1.54) is 0 Å². The first-order valence-corrected chi connectivity index (χ1v) is 15.4. The van der Waals surface area contributed by atoms with Crippen molar-refractivity contribution in [1.29, 1.82) is 0 Å². The van der Waals surface area contributed by atoms with E-state index < -0.39 is 11.9 Å². The number of hydrogen-bond donors (Lipinski definition) is 2. The number of carbonyl (C=O) groups excluding carboxylic acids is 2. The zero-order chi connectivity index (χ0) is 33.1. The molecule has 0 atom stereocenters. The molecule has 238 valence electrons. The summed E-state index contributed by atoms with van der Waals surface area (Å²) in [4.78, 5) is 25.1. The van der Waals surface area contributed by atoms with Crippen LogP contribution in [-0.4, -0.2) is 33.8 Å². The van der Waals surface area contributed by atoms with Crippen LogP contribution in [-0.2, 0) is 53.6 Å². The van der Waals surface area contributed by atoms with Gasteiger partial charge in [0.05, 0.1) is 6.42 Å². The van der Waals surface area contributed by atoms with Gasteiger partial charge in [0.2, 0.25) is 5.05 Å². The third-order valence-corrected chi connectivity index (χ3v) is 7.59. The van der Waals surface area contributed by atoms with Gasteiger partial charge in [-0.05, 0) is 80.1 Å². The molecular weight excluding hydrogens is 560 g/mol. The minimum absolute atomic E-state index is 0.0931. The van der Waals surface area contributed by atoms with E-state index in [2.05, 4.69) is 0 Å². The Morgan fingerprint density at radius 3 is 1.21 bits per heavy atom. The highest BCUT2D eigenvalue weighted by Gasteiger charge is 2.28. The molecule has 43 heavy (non-hydrogen) atoms. The summed E-state index contributed by atoms with van der Waals surface area (Å²) in [5.74, 6) is -0.357. The van der Waals surface area contributed by atoms with Crippen molar-refractivity contribution in [1.82, 2.24) is 0 Å². The Morgan fingerprint density at radius 2 is 0.907 bits per heavy atom. The highest BCUT2D eigenvalue weighted by atomic mass is 32.1. The number of hydrogen-bond acceptors (Lipinski definition) is 7. The predicted octanol–water partition coefficient (Wildman–Crippen LogP) is 8.27. The molecule has 0 saturated heterocycles. The molecule has 0 amide bonds. The van der Waals surface area contributed by atoms with Gasteiger partial charge in [-0.1, -0.05) is 107 Å². The second-order valence-corrected chi connectivity index (χ2v) is 16.0. The van der Waals surface area contributed by atoms with Gasteiger partial charge in [0.1, 0.15) is 11.5 Å². The van der Waals surface area contributed by atoms with Crippen molar-refractivity contribution >= 4 is 29.2 Å². The van der Waals surface area contributed by atoms with E-state index in [4.69, 9.17) is 21.7 Å². The second-order valence-electron chi connectivity index (χ2n) is 15.6. The number of aryl methyl sites for hydroxylation is 2. The number of ether oxygens (including phenoxy) is 2. The molecule has 0 aliphatic heterocycles. The van der Waals surface area contributed by atoms with Crippen LogP contribution in [0, 0.1) is 0 Å². The number of aromatic hydroxyl groups is 2. The van der Waals surface area contributed by atoms with Crippen molar-refractivity contribution in [2.24, 2.45) is 0 Å². The highest BCUT2D eigenvalue weighted by Crippen LogP contribution is 2.41. The van der Waals surface area contributed by atoms with E-state index in [9.17, 15) is 19.8 Å². The van der Waals surface area contributed by atoms with Gasteiger partial charge >= 0.3 is 11.9 Å². The van der Waals surface area contributed by atoms with Crippen LogP contribution in [0.2, 0.25) is 0 Å². The molecule has 2 aromatic rings. The monoisotopic (exact) mass is 612 g/mol. The molecule has 0 unspecified atom stereocenters. The van der Waals surface area contributed by atoms with Crippen LogP contribution in [0.25, 0.3) is 0 Å². The fourth-order valence-electron chi connectivity index (χ4n) is 4.88. The molecule has 7 heteroatoms. The number of phenolic OH excluding ortho intramolecular Hbond substituents is 2. The lowest BCUT2D eigenvalue weighted by Crippen LogP contribution is -2.20. The molecule has 2 aromatic carbocycles. The Kier molecular flexibility index (Phi) is 11.3. The first-order chi connectivity index (χ1) is 19.4. The highest BCUT2D eigenvalue weighted by molar-refractivity contribution is 7.80. The van der Waals surface area contributed by atoms with Gasteiger partial charge < -0.3 is 19.7 Å². The summed E-state index contributed by atoms with van der Waals surface area (Å²) in [7, 11) is 0. The number of thiocarbonyl (C=S) groups is 1. The minimum atomic E-state index is -0.503. The lowest BCUT2D eigenvalue weighted by atomic mass is 9.78. The molecule has 0 aliphatic rings. The van der Waals surface area contributed by atoms with Gasteiger partial charge in [-0.2, -0.15) is 0 Å². The van der Waals surface area contributed by atoms with E-state index in [-0.39, 0.29) is 46.2 Å². The molecule has 0 saturated carbocycles. The minimum Gasteiger partial charge on any atom is -0.507 e. The van der Waals surface area contributed by atoms with Crippen LogP contribution in [0.4, 0.5) is 0 Å². The molecule has 0 aromatic heterocycles. The number of rotatable bonds is 8. The zero-order valence-electron chi connectivity index (χ0n) is 28.3. The summed E-state index contributed by atoms with van der Waals surface area (Å²) >= 11 is 5.16. The zero-order valence-corrected chi connectivity index (χ0v) is 29.1. The van der Waals surface area contributed by atoms with E-state index in [1.807, 2.05) is 107 Å². The van der Waals surface area contributed by atoms with E-state index in [0.29, 0.717) is 24.3 Å². The molecule has 2 N–H and O–H groups in total. The van der Waals surface area contributed by atoms with E-state index in [0.717, 1.165) is 33.4 Å². The maximum absolute atomic E-state index is 12.5. The summed E-state index contributed by atoms with van der Waals surface area (Å²) in [6.07, 6.45) is 1.09. The van der Waals surface area contributed by atoms with Crippen LogP contribution in [0.5, 0.6) is 11.5 Å². The van der Waals surface area contributed by atoms with Crippen molar-refractivity contribution in [3.63, 3.8) is 0 Å². The third kappa shape index (κ3) is 10.3. The quantitative estimate of drug-likeness (QED) is 0.229. The normalized spacial score (nSPS) is 12.7. The Bertz CT molecular complexity index is 1270. The van der Waals surface area contributed by atoms with E-state index in [1.54, 1.807) is 0 Å². The number of esters is 2. The van der Waals surface area contributed by atoms with Crippen LogP contribution >= 0.6 is 12.2 Å². The van der Waals surface area contributed by atoms with Gasteiger partial charge in [-0.15, -0.1) is 0 Å².